The van der Waals surface area contributed by atoms with E-state index in [4.69, 9.17) is 4.74 Å². The second kappa shape index (κ2) is 6.34. The van der Waals surface area contributed by atoms with Crippen molar-refractivity contribution in [2.24, 2.45) is 0 Å². The standard InChI is InChI=1S/C18H21N3O4S2/c1-8-10(3)27-16-13(8)15(23)19-14(20-16)9(2)25-17(24)11-7-26-18(4)6-5-12(22)21(11)18/h9,11H,5-7H2,1-4H3,(H,19,20,23)/t9-,11+,18-/m0/s1. The number of esters is 1. The van der Waals surface area contributed by atoms with Crippen molar-refractivity contribution in [1.82, 2.24) is 14.9 Å². The highest BCUT2D eigenvalue weighted by Gasteiger charge is 2.53. The fraction of sp³-hybridized carbons (Fsp3) is 0.556. The second-order valence-electron chi connectivity index (χ2n) is 7.26. The molecule has 0 spiro atoms. The van der Waals surface area contributed by atoms with Crippen LogP contribution in [0, 0.1) is 13.8 Å². The molecular formula is C18H21N3O4S2. The maximum absolute atomic E-state index is 12.7. The van der Waals surface area contributed by atoms with Crippen molar-refractivity contribution in [3.63, 3.8) is 0 Å². The van der Waals surface area contributed by atoms with Gasteiger partial charge in [0.15, 0.2) is 11.9 Å². The van der Waals surface area contributed by atoms with Crippen LogP contribution in [-0.2, 0) is 14.3 Å². The molecule has 4 heterocycles. The second-order valence-corrected chi connectivity index (χ2v) is 9.96. The first-order valence-electron chi connectivity index (χ1n) is 8.88. The summed E-state index contributed by atoms with van der Waals surface area (Å²) in [6, 6.07) is -0.584. The first-order valence-corrected chi connectivity index (χ1v) is 10.7. The van der Waals surface area contributed by atoms with Crippen molar-refractivity contribution in [2.75, 3.05) is 5.75 Å². The van der Waals surface area contributed by atoms with Crippen LogP contribution in [0.1, 0.15) is 49.1 Å². The largest absolute Gasteiger partial charge is 0.453 e. The smallest absolute Gasteiger partial charge is 0.330 e. The maximum Gasteiger partial charge on any atom is 0.330 e. The number of nitrogens with one attached hydrogen (secondary N) is 1. The van der Waals surface area contributed by atoms with Crippen molar-refractivity contribution in [3.05, 3.63) is 26.6 Å². The summed E-state index contributed by atoms with van der Waals surface area (Å²) in [5.74, 6) is 0.396. The summed E-state index contributed by atoms with van der Waals surface area (Å²) in [4.78, 5) is 47.6. The summed E-state index contributed by atoms with van der Waals surface area (Å²) in [5, 5.41) is 0.588. The summed E-state index contributed by atoms with van der Waals surface area (Å²) in [5.41, 5.74) is 0.702. The third-order valence-corrected chi connectivity index (χ3v) is 8.06. The zero-order valence-electron chi connectivity index (χ0n) is 15.6. The molecule has 3 atom stereocenters. The average molecular weight is 408 g/mol. The minimum absolute atomic E-state index is 0.00501. The molecule has 2 fully saturated rings. The lowest BCUT2D eigenvalue weighted by Crippen LogP contribution is -2.46. The number of hydrogen-bond acceptors (Lipinski definition) is 7. The third-order valence-electron chi connectivity index (χ3n) is 5.45. The number of thiophene rings is 1. The van der Waals surface area contributed by atoms with Gasteiger partial charge in [-0.15, -0.1) is 23.1 Å². The van der Waals surface area contributed by atoms with E-state index in [1.807, 2.05) is 20.8 Å². The minimum atomic E-state index is -0.702. The number of aromatic nitrogens is 2. The number of ether oxygens (including phenoxy) is 1. The Balaban J connectivity index is 1.57. The van der Waals surface area contributed by atoms with Gasteiger partial charge in [-0.25, -0.2) is 9.78 Å². The number of thioether (sulfide) groups is 1. The van der Waals surface area contributed by atoms with E-state index in [-0.39, 0.29) is 16.3 Å². The summed E-state index contributed by atoms with van der Waals surface area (Å²) in [6.45, 7) is 7.53. The monoisotopic (exact) mass is 407 g/mol. The van der Waals surface area contributed by atoms with Crippen LogP contribution in [-0.4, -0.2) is 43.4 Å². The molecule has 2 aliphatic heterocycles. The zero-order chi connectivity index (χ0) is 19.5. The van der Waals surface area contributed by atoms with Crippen LogP contribution in [0.5, 0.6) is 0 Å². The van der Waals surface area contributed by atoms with E-state index in [0.717, 1.165) is 16.9 Å². The fourth-order valence-corrected chi connectivity index (χ4v) is 6.22. The Kier molecular flexibility index (Phi) is 4.34. The summed E-state index contributed by atoms with van der Waals surface area (Å²) in [7, 11) is 0. The Labute approximate surface area is 164 Å². The summed E-state index contributed by atoms with van der Waals surface area (Å²) < 4.78 is 5.59. The van der Waals surface area contributed by atoms with Gasteiger partial charge in [-0.1, -0.05) is 0 Å². The normalized spacial score (nSPS) is 25.9. The van der Waals surface area contributed by atoms with Gasteiger partial charge in [-0.05, 0) is 39.7 Å². The van der Waals surface area contributed by atoms with E-state index in [2.05, 4.69) is 9.97 Å². The first-order chi connectivity index (χ1) is 12.7. The summed E-state index contributed by atoms with van der Waals surface area (Å²) in [6.07, 6.45) is 0.510. The number of aryl methyl sites for hydroxylation is 2. The van der Waals surface area contributed by atoms with Gasteiger partial charge >= 0.3 is 5.97 Å². The number of amides is 1. The molecule has 1 amide bonds. The van der Waals surface area contributed by atoms with Gasteiger partial charge in [0.25, 0.3) is 5.56 Å². The zero-order valence-corrected chi connectivity index (χ0v) is 17.3. The Morgan fingerprint density at radius 3 is 2.89 bits per heavy atom. The van der Waals surface area contributed by atoms with Crippen LogP contribution < -0.4 is 5.56 Å². The van der Waals surface area contributed by atoms with Crippen molar-refractivity contribution in [2.45, 2.75) is 57.6 Å². The molecule has 0 bridgehead atoms. The fourth-order valence-electron chi connectivity index (χ4n) is 3.77. The SMILES string of the molecule is Cc1sc2nc([C@H](C)OC(=O)[C@H]3CS[C@@]4(C)CCC(=O)N34)[nH]c(=O)c2c1C. The highest BCUT2D eigenvalue weighted by Crippen LogP contribution is 2.47. The van der Waals surface area contributed by atoms with Crippen molar-refractivity contribution in [1.29, 1.82) is 0 Å². The predicted octanol–water partition coefficient (Wildman–Crippen LogP) is 2.66. The molecule has 2 aromatic heterocycles. The topological polar surface area (TPSA) is 92.4 Å². The van der Waals surface area contributed by atoms with Crippen LogP contribution in [0.3, 0.4) is 0 Å². The van der Waals surface area contributed by atoms with Gasteiger partial charge in [0.1, 0.15) is 10.9 Å². The Hall–Kier alpha value is -1.87. The molecule has 9 heteroatoms. The van der Waals surface area contributed by atoms with Crippen molar-refractivity contribution in [3.8, 4) is 0 Å². The molecule has 0 saturated carbocycles. The molecule has 0 aromatic carbocycles. The molecule has 7 nitrogen and oxygen atoms in total. The lowest BCUT2D eigenvalue weighted by Gasteiger charge is -2.29. The Morgan fingerprint density at radius 1 is 1.41 bits per heavy atom. The molecule has 1 N–H and O–H groups in total. The lowest BCUT2D eigenvalue weighted by molar-refractivity contribution is -0.158. The number of hydrogen-bond donors (Lipinski definition) is 1. The lowest BCUT2D eigenvalue weighted by atomic mass is 10.2. The Morgan fingerprint density at radius 2 is 2.15 bits per heavy atom. The number of carbonyl (C=O) groups excluding carboxylic acids is 2. The van der Waals surface area contributed by atoms with Crippen LogP contribution in [0.15, 0.2) is 4.79 Å². The number of fused-ring (bicyclic) bond motifs is 2. The van der Waals surface area contributed by atoms with E-state index in [1.54, 1.807) is 23.6 Å². The highest BCUT2D eigenvalue weighted by molar-refractivity contribution is 8.01. The van der Waals surface area contributed by atoms with E-state index < -0.39 is 18.1 Å². The minimum Gasteiger partial charge on any atom is -0.453 e. The van der Waals surface area contributed by atoms with Crippen LogP contribution >= 0.6 is 23.1 Å². The predicted molar refractivity (Wildman–Crippen MR) is 105 cm³/mol. The molecule has 144 valence electrons. The van der Waals surface area contributed by atoms with Gasteiger partial charge in [0.2, 0.25) is 5.91 Å². The molecule has 0 radical (unpaired) electrons. The van der Waals surface area contributed by atoms with E-state index >= 15 is 0 Å². The van der Waals surface area contributed by atoms with Crippen molar-refractivity contribution >= 4 is 45.2 Å². The molecular weight excluding hydrogens is 386 g/mol. The Bertz CT molecular complexity index is 1010. The average Bonchev–Trinajstić information content (AvgIpc) is 3.20. The number of aromatic amines is 1. The van der Waals surface area contributed by atoms with Gasteiger partial charge in [-0.3, -0.25) is 9.59 Å². The van der Waals surface area contributed by atoms with Gasteiger partial charge < -0.3 is 14.6 Å². The highest BCUT2D eigenvalue weighted by atomic mass is 32.2. The van der Waals surface area contributed by atoms with Gasteiger partial charge in [-0.2, -0.15) is 0 Å². The third kappa shape index (κ3) is 2.87. The first kappa shape index (κ1) is 18.5. The van der Waals surface area contributed by atoms with Gasteiger partial charge in [0, 0.05) is 17.1 Å². The van der Waals surface area contributed by atoms with Crippen molar-refractivity contribution < 1.29 is 14.3 Å². The molecule has 2 aliphatic rings. The molecule has 4 rings (SSSR count). The molecule has 2 saturated heterocycles. The van der Waals surface area contributed by atoms with Crippen LogP contribution in [0.25, 0.3) is 10.2 Å². The van der Waals surface area contributed by atoms with E-state index in [1.165, 1.54) is 11.3 Å². The number of H-pyrrole nitrogens is 1. The molecule has 27 heavy (non-hydrogen) atoms. The summed E-state index contributed by atoms with van der Waals surface area (Å²) >= 11 is 3.07. The van der Waals surface area contributed by atoms with E-state index in [0.29, 0.717) is 28.2 Å². The molecule has 0 aliphatic carbocycles. The quantitative estimate of drug-likeness (QED) is 0.787. The van der Waals surface area contributed by atoms with Crippen LogP contribution in [0.4, 0.5) is 0 Å². The van der Waals surface area contributed by atoms with Gasteiger partial charge in [0.05, 0.1) is 10.3 Å². The number of rotatable bonds is 3. The maximum atomic E-state index is 12.7. The number of nitrogens with zero attached hydrogens (tertiary/aromatic N) is 2. The molecule has 2 aromatic rings. The van der Waals surface area contributed by atoms with E-state index in [9.17, 15) is 14.4 Å². The molecule has 0 unspecified atom stereocenters. The van der Waals surface area contributed by atoms with Crippen LogP contribution in [0.2, 0.25) is 0 Å². The number of carbonyl (C=O) groups is 2.